The number of halogens is 1. The van der Waals surface area contributed by atoms with Crippen molar-refractivity contribution < 1.29 is 19.1 Å². The third-order valence-corrected chi connectivity index (χ3v) is 3.79. The van der Waals surface area contributed by atoms with Crippen LogP contribution in [0.1, 0.15) is 22.8 Å². The molecule has 0 saturated heterocycles. The molecule has 2 rings (SSSR count). The Morgan fingerprint density at radius 1 is 1.04 bits per heavy atom. The van der Waals surface area contributed by atoms with Gasteiger partial charge in [0.1, 0.15) is 0 Å². The molecule has 0 aromatic heterocycles. The molecule has 25 heavy (non-hydrogen) atoms. The van der Waals surface area contributed by atoms with Gasteiger partial charge < -0.3 is 10.1 Å². The molecule has 2 aromatic carbocycles. The first-order valence-electron chi connectivity index (χ1n) is 7.55. The normalized spacial score (nSPS) is 11.3. The number of hydrogen-bond acceptors (Lipinski definition) is 4. The molecule has 0 aliphatic heterocycles. The van der Waals surface area contributed by atoms with E-state index in [2.05, 4.69) is 26.6 Å². The topological polar surface area (TPSA) is 84.5 Å². The second-order valence-electron chi connectivity index (χ2n) is 5.21. The number of carbonyl (C=O) groups excluding carboxylic acids is 3. The van der Waals surface area contributed by atoms with Gasteiger partial charge in [0.2, 0.25) is 0 Å². The van der Waals surface area contributed by atoms with E-state index in [9.17, 15) is 14.4 Å². The molecule has 1 unspecified atom stereocenters. The van der Waals surface area contributed by atoms with E-state index < -0.39 is 24.0 Å². The highest BCUT2D eigenvalue weighted by Gasteiger charge is 2.20. The van der Waals surface area contributed by atoms with Gasteiger partial charge in [0.15, 0.2) is 6.10 Å². The lowest BCUT2D eigenvalue weighted by molar-refractivity contribution is -0.127. The zero-order chi connectivity index (χ0) is 18.2. The second-order valence-corrected chi connectivity index (χ2v) is 6.13. The third-order valence-electron chi connectivity index (χ3n) is 3.27. The van der Waals surface area contributed by atoms with Crippen LogP contribution in [0.2, 0.25) is 0 Å². The molecule has 7 heteroatoms. The first kappa shape index (κ1) is 18.7. The summed E-state index contributed by atoms with van der Waals surface area (Å²) in [6.07, 6.45) is -1.10. The van der Waals surface area contributed by atoms with Crippen molar-refractivity contribution in [2.45, 2.75) is 19.6 Å². The number of imide groups is 1. The van der Waals surface area contributed by atoms with E-state index >= 15 is 0 Å². The summed E-state index contributed by atoms with van der Waals surface area (Å²) in [5, 5.41) is 4.70. The van der Waals surface area contributed by atoms with Crippen molar-refractivity contribution in [2.75, 3.05) is 0 Å². The summed E-state index contributed by atoms with van der Waals surface area (Å²) < 4.78 is 5.88. The Morgan fingerprint density at radius 3 is 2.32 bits per heavy atom. The number of carbonyl (C=O) groups is 3. The van der Waals surface area contributed by atoms with Crippen LogP contribution in [0.15, 0.2) is 59.1 Å². The van der Waals surface area contributed by atoms with Gasteiger partial charge in [-0.15, -0.1) is 0 Å². The van der Waals surface area contributed by atoms with Crippen molar-refractivity contribution >= 4 is 33.8 Å². The van der Waals surface area contributed by atoms with E-state index in [-0.39, 0.29) is 6.54 Å². The second kappa shape index (κ2) is 8.98. The molecule has 0 aliphatic rings. The van der Waals surface area contributed by atoms with E-state index in [1.54, 1.807) is 24.3 Å². The van der Waals surface area contributed by atoms with Crippen molar-refractivity contribution in [3.8, 4) is 0 Å². The molecule has 0 saturated carbocycles. The van der Waals surface area contributed by atoms with E-state index in [1.807, 2.05) is 30.3 Å². The molecule has 0 heterocycles. The fourth-order valence-electron chi connectivity index (χ4n) is 1.90. The first-order valence-corrected chi connectivity index (χ1v) is 8.34. The van der Waals surface area contributed by atoms with Crippen LogP contribution >= 0.6 is 15.9 Å². The SMILES string of the molecule is CC(OC(=O)c1ccc(Br)cc1)C(=O)NC(=O)NCc1ccccc1. The molecule has 2 aromatic rings. The molecule has 0 aliphatic carbocycles. The Kier molecular flexibility index (Phi) is 6.71. The molecule has 2 N–H and O–H groups in total. The molecule has 130 valence electrons. The first-order chi connectivity index (χ1) is 12.0. The van der Waals surface area contributed by atoms with Crippen LogP contribution in [-0.4, -0.2) is 24.0 Å². The van der Waals surface area contributed by atoms with E-state index in [0.717, 1.165) is 10.0 Å². The summed E-state index contributed by atoms with van der Waals surface area (Å²) in [4.78, 5) is 35.6. The van der Waals surface area contributed by atoms with Crippen molar-refractivity contribution in [1.82, 2.24) is 10.6 Å². The van der Waals surface area contributed by atoms with Crippen molar-refractivity contribution in [3.05, 3.63) is 70.2 Å². The summed E-state index contributed by atoms with van der Waals surface area (Å²) in [5.41, 5.74) is 1.22. The molecule has 3 amide bonds. The zero-order valence-electron chi connectivity index (χ0n) is 13.5. The van der Waals surface area contributed by atoms with E-state index in [1.165, 1.54) is 6.92 Å². The van der Waals surface area contributed by atoms with Crippen LogP contribution in [0.5, 0.6) is 0 Å². The van der Waals surface area contributed by atoms with Crippen molar-refractivity contribution in [1.29, 1.82) is 0 Å². The Morgan fingerprint density at radius 2 is 1.68 bits per heavy atom. The van der Waals surface area contributed by atoms with Crippen LogP contribution < -0.4 is 10.6 Å². The summed E-state index contributed by atoms with van der Waals surface area (Å²) in [6, 6.07) is 15.2. The van der Waals surface area contributed by atoms with Gasteiger partial charge >= 0.3 is 12.0 Å². The maximum Gasteiger partial charge on any atom is 0.338 e. The van der Waals surface area contributed by atoms with Gasteiger partial charge in [-0.2, -0.15) is 0 Å². The predicted molar refractivity (Wildman–Crippen MR) is 95.8 cm³/mol. The summed E-state index contributed by atoms with van der Waals surface area (Å²) in [7, 11) is 0. The molecule has 0 bridgehead atoms. The third kappa shape index (κ3) is 6.04. The number of benzene rings is 2. The van der Waals surface area contributed by atoms with Crippen LogP contribution in [-0.2, 0) is 16.1 Å². The Hall–Kier alpha value is -2.67. The average Bonchev–Trinajstić information content (AvgIpc) is 2.61. The minimum absolute atomic E-state index is 0.285. The fraction of sp³-hybridized carbons (Fsp3) is 0.167. The number of hydrogen-bond donors (Lipinski definition) is 2. The monoisotopic (exact) mass is 404 g/mol. The Bertz CT molecular complexity index is 747. The number of urea groups is 1. The Labute approximate surface area is 153 Å². The molecule has 6 nitrogen and oxygen atoms in total. The van der Waals surface area contributed by atoms with Crippen LogP contribution in [0.3, 0.4) is 0 Å². The highest BCUT2D eigenvalue weighted by molar-refractivity contribution is 9.10. The number of rotatable bonds is 5. The van der Waals surface area contributed by atoms with Crippen LogP contribution in [0.25, 0.3) is 0 Å². The predicted octanol–water partition coefficient (Wildman–Crippen LogP) is 3.02. The maximum absolute atomic E-state index is 11.9. The van der Waals surface area contributed by atoms with E-state index in [4.69, 9.17) is 4.74 Å². The van der Waals surface area contributed by atoms with Crippen molar-refractivity contribution in [3.63, 3.8) is 0 Å². The summed E-state index contributed by atoms with van der Waals surface area (Å²) >= 11 is 3.27. The van der Waals surface area contributed by atoms with Gasteiger partial charge in [0.25, 0.3) is 5.91 Å². The highest BCUT2D eigenvalue weighted by Crippen LogP contribution is 2.12. The van der Waals surface area contributed by atoms with Gasteiger partial charge in [-0.3, -0.25) is 10.1 Å². The molecule has 0 spiro atoms. The van der Waals surface area contributed by atoms with Gasteiger partial charge in [0, 0.05) is 11.0 Å². The van der Waals surface area contributed by atoms with Gasteiger partial charge in [-0.1, -0.05) is 46.3 Å². The largest absolute Gasteiger partial charge is 0.449 e. The minimum Gasteiger partial charge on any atom is -0.449 e. The molecule has 0 radical (unpaired) electrons. The number of ether oxygens (including phenoxy) is 1. The lowest BCUT2D eigenvalue weighted by atomic mass is 10.2. The maximum atomic E-state index is 11.9. The van der Waals surface area contributed by atoms with Gasteiger partial charge in [-0.05, 0) is 36.8 Å². The lowest BCUT2D eigenvalue weighted by Gasteiger charge is -2.13. The minimum atomic E-state index is -1.10. The van der Waals surface area contributed by atoms with Crippen molar-refractivity contribution in [2.24, 2.45) is 0 Å². The number of esters is 1. The lowest BCUT2D eigenvalue weighted by Crippen LogP contribution is -2.44. The zero-order valence-corrected chi connectivity index (χ0v) is 15.1. The smallest absolute Gasteiger partial charge is 0.338 e. The van der Waals surface area contributed by atoms with E-state index in [0.29, 0.717) is 5.56 Å². The summed E-state index contributed by atoms with van der Waals surface area (Å²) in [6.45, 7) is 1.68. The molecular weight excluding hydrogens is 388 g/mol. The fourth-order valence-corrected chi connectivity index (χ4v) is 2.17. The number of amides is 3. The Balaban J connectivity index is 1.80. The standard InChI is InChI=1S/C18H17BrN2O4/c1-12(25-17(23)14-7-9-15(19)10-8-14)16(22)21-18(24)20-11-13-5-3-2-4-6-13/h2-10,12H,11H2,1H3,(H2,20,21,22,24). The molecular formula is C18H17BrN2O4. The van der Waals surface area contributed by atoms with Gasteiger partial charge in [-0.25, -0.2) is 9.59 Å². The van der Waals surface area contributed by atoms with Gasteiger partial charge in [0.05, 0.1) is 5.56 Å². The van der Waals surface area contributed by atoms with Crippen LogP contribution in [0.4, 0.5) is 4.79 Å². The molecule has 1 atom stereocenters. The highest BCUT2D eigenvalue weighted by atomic mass is 79.9. The average molecular weight is 405 g/mol. The summed E-state index contributed by atoms with van der Waals surface area (Å²) in [5.74, 6) is -1.34. The van der Waals surface area contributed by atoms with Crippen LogP contribution in [0, 0.1) is 0 Å². The number of nitrogens with one attached hydrogen (secondary N) is 2. The quantitative estimate of drug-likeness (QED) is 0.750. The molecule has 0 fully saturated rings.